The van der Waals surface area contributed by atoms with Crippen LogP contribution in [0.5, 0.6) is 5.75 Å². The quantitative estimate of drug-likeness (QED) is 0.791. The highest BCUT2D eigenvalue weighted by Gasteiger charge is 2.18. The molecule has 0 saturated heterocycles. The van der Waals surface area contributed by atoms with Crippen molar-refractivity contribution in [2.75, 3.05) is 0 Å². The summed E-state index contributed by atoms with van der Waals surface area (Å²) in [5.74, 6) is 0.738. The van der Waals surface area contributed by atoms with Gasteiger partial charge in [0.2, 0.25) is 0 Å². The minimum atomic E-state index is 0.0409. The van der Waals surface area contributed by atoms with Gasteiger partial charge in [-0.05, 0) is 19.1 Å². The number of hydrogen-bond donors (Lipinski definition) is 0. The van der Waals surface area contributed by atoms with E-state index in [4.69, 9.17) is 4.74 Å². The molecule has 0 N–H and O–H groups in total. The Hall–Kier alpha value is -1.68. The lowest BCUT2D eigenvalue weighted by molar-refractivity contribution is 0.101. The van der Waals surface area contributed by atoms with Crippen molar-refractivity contribution < 1.29 is 9.53 Å². The van der Waals surface area contributed by atoms with E-state index in [-0.39, 0.29) is 11.2 Å². The van der Waals surface area contributed by atoms with E-state index in [0.717, 1.165) is 10.7 Å². The van der Waals surface area contributed by atoms with Crippen molar-refractivity contribution >= 4 is 17.1 Å². The standard InChI is InChI=1S/C16H19NO2S/c1-11(18)12-6-5-7-14(8-12)19-9-13-10-20-15(17-13)16(2,3)4/h5-8,10H,9H2,1-4H3. The van der Waals surface area contributed by atoms with Crippen LogP contribution in [0.2, 0.25) is 0 Å². The molecule has 0 aliphatic carbocycles. The second-order valence-corrected chi connectivity index (χ2v) is 6.62. The van der Waals surface area contributed by atoms with E-state index in [9.17, 15) is 4.79 Å². The molecule has 0 bridgehead atoms. The molecule has 106 valence electrons. The van der Waals surface area contributed by atoms with E-state index in [1.54, 1.807) is 30.4 Å². The monoisotopic (exact) mass is 289 g/mol. The van der Waals surface area contributed by atoms with E-state index in [1.165, 1.54) is 0 Å². The second-order valence-electron chi connectivity index (χ2n) is 5.77. The first-order chi connectivity index (χ1) is 9.36. The van der Waals surface area contributed by atoms with Gasteiger partial charge in [0.25, 0.3) is 0 Å². The van der Waals surface area contributed by atoms with Crippen molar-refractivity contribution in [1.29, 1.82) is 0 Å². The summed E-state index contributed by atoms with van der Waals surface area (Å²) >= 11 is 1.65. The maximum absolute atomic E-state index is 11.3. The van der Waals surface area contributed by atoms with Crippen LogP contribution in [-0.4, -0.2) is 10.8 Å². The van der Waals surface area contributed by atoms with Crippen LogP contribution in [0, 0.1) is 0 Å². The summed E-state index contributed by atoms with van der Waals surface area (Å²) in [6, 6.07) is 7.23. The second kappa shape index (κ2) is 5.75. The number of ketones is 1. The Balaban J connectivity index is 2.04. The molecule has 0 amide bonds. The first kappa shape index (κ1) is 14.7. The number of carbonyl (C=O) groups is 1. The number of rotatable bonds is 4. The van der Waals surface area contributed by atoms with Crippen LogP contribution in [0.15, 0.2) is 29.6 Å². The summed E-state index contributed by atoms with van der Waals surface area (Å²) in [4.78, 5) is 15.9. The van der Waals surface area contributed by atoms with Gasteiger partial charge in [0.15, 0.2) is 5.78 Å². The van der Waals surface area contributed by atoms with E-state index in [1.807, 2.05) is 17.5 Å². The summed E-state index contributed by atoms with van der Waals surface area (Å²) in [7, 11) is 0. The zero-order valence-electron chi connectivity index (χ0n) is 12.3. The molecule has 2 rings (SSSR count). The van der Waals surface area contributed by atoms with Gasteiger partial charge in [-0.15, -0.1) is 11.3 Å². The van der Waals surface area contributed by atoms with Crippen LogP contribution in [-0.2, 0) is 12.0 Å². The molecule has 0 aliphatic heterocycles. The molecule has 4 heteroatoms. The Labute approximate surface area is 123 Å². The van der Waals surface area contributed by atoms with Crippen molar-refractivity contribution in [2.45, 2.75) is 39.7 Å². The van der Waals surface area contributed by atoms with Gasteiger partial charge in [-0.25, -0.2) is 4.98 Å². The minimum absolute atomic E-state index is 0.0409. The first-order valence-corrected chi connectivity index (χ1v) is 7.43. The number of ether oxygens (including phenoxy) is 1. The van der Waals surface area contributed by atoms with E-state index >= 15 is 0 Å². The topological polar surface area (TPSA) is 39.2 Å². The lowest BCUT2D eigenvalue weighted by Gasteiger charge is -2.13. The van der Waals surface area contributed by atoms with E-state index in [2.05, 4.69) is 25.8 Å². The molecule has 1 aromatic heterocycles. The lowest BCUT2D eigenvalue weighted by atomic mass is 9.98. The third-order valence-corrected chi connectivity index (χ3v) is 4.14. The molecule has 0 aliphatic rings. The van der Waals surface area contributed by atoms with Gasteiger partial charge in [0.05, 0.1) is 10.7 Å². The smallest absolute Gasteiger partial charge is 0.159 e. The van der Waals surface area contributed by atoms with Gasteiger partial charge >= 0.3 is 0 Å². The van der Waals surface area contributed by atoms with Gasteiger partial charge in [-0.1, -0.05) is 32.9 Å². The molecule has 1 aromatic carbocycles. The Morgan fingerprint density at radius 3 is 2.70 bits per heavy atom. The van der Waals surface area contributed by atoms with E-state index in [0.29, 0.717) is 17.9 Å². The third kappa shape index (κ3) is 3.67. The Bertz CT molecular complexity index is 611. The number of aromatic nitrogens is 1. The Morgan fingerprint density at radius 1 is 1.35 bits per heavy atom. The molecular formula is C16H19NO2S. The van der Waals surface area contributed by atoms with Crippen molar-refractivity contribution in [3.63, 3.8) is 0 Å². The van der Waals surface area contributed by atoms with Crippen LogP contribution in [0.25, 0.3) is 0 Å². The number of carbonyl (C=O) groups excluding carboxylic acids is 1. The van der Waals surface area contributed by atoms with Crippen molar-refractivity contribution in [2.24, 2.45) is 0 Å². The number of benzene rings is 1. The predicted molar refractivity (Wildman–Crippen MR) is 81.6 cm³/mol. The zero-order chi connectivity index (χ0) is 14.8. The fourth-order valence-electron chi connectivity index (χ4n) is 1.68. The molecule has 3 nitrogen and oxygen atoms in total. The van der Waals surface area contributed by atoms with Crippen molar-refractivity contribution in [1.82, 2.24) is 4.98 Å². The third-order valence-electron chi connectivity index (χ3n) is 2.82. The molecule has 0 saturated carbocycles. The highest BCUT2D eigenvalue weighted by Crippen LogP contribution is 2.26. The largest absolute Gasteiger partial charge is 0.487 e. The first-order valence-electron chi connectivity index (χ1n) is 6.55. The Kier molecular flexibility index (Phi) is 4.23. The average molecular weight is 289 g/mol. The zero-order valence-corrected chi connectivity index (χ0v) is 13.1. The average Bonchev–Trinajstić information content (AvgIpc) is 2.85. The summed E-state index contributed by atoms with van der Waals surface area (Å²) < 4.78 is 5.70. The fraction of sp³-hybridized carbons (Fsp3) is 0.375. The fourth-order valence-corrected chi connectivity index (χ4v) is 2.57. The predicted octanol–water partition coefficient (Wildman–Crippen LogP) is 4.22. The normalized spacial score (nSPS) is 11.4. The number of hydrogen-bond acceptors (Lipinski definition) is 4. The number of nitrogens with zero attached hydrogens (tertiary/aromatic N) is 1. The summed E-state index contributed by atoms with van der Waals surface area (Å²) in [5.41, 5.74) is 1.65. The van der Waals surface area contributed by atoms with Crippen LogP contribution in [0.1, 0.15) is 48.8 Å². The molecule has 0 unspecified atom stereocenters. The molecule has 0 radical (unpaired) electrons. The van der Waals surface area contributed by atoms with Gasteiger partial charge in [0, 0.05) is 16.4 Å². The van der Waals surface area contributed by atoms with Crippen molar-refractivity contribution in [3.8, 4) is 5.75 Å². The molecular weight excluding hydrogens is 270 g/mol. The van der Waals surface area contributed by atoms with E-state index < -0.39 is 0 Å². The van der Waals surface area contributed by atoms with Crippen LogP contribution in [0.4, 0.5) is 0 Å². The Morgan fingerprint density at radius 2 is 2.10 bits per heavy atom. The summed E-state index contributed by atoms with van der Waals surface area (Å²) in [6.07, 6.45) is 0. The molecule has 20 heavy (non-hydrogen) atoms. The summed E-state index contributed by atoms with van der Waals surface area (Å²) in [5, 5.41) is 3.13. The van der Waals surface area contributed by atoms with Crippen LogP contribution < -0.4 is 4.74 Å². The van der Waals surface area contributed by atoms with Crippen LogP contribution >= 0.6 is 11.3 Å². The maximum atomic E-state index is 11.3. The highest BCUT2D eigenvalue weighted by molar-refractivity contribution is 7.09. The lowest BCUT2D eigenvalue weighted by Crippen LogP contribution is -2.10. The van der Waals surface area contributed by atoms with Gasteiger partial charge < -0.3 is 4.74 Å². The number of Topliss-reactive ketones (excluding diaryl/α,β-unsaturated/α-hetero) is 1. The highest BCUT2D eigenvalue weighted by atomic mass is 32.1. The van der Waals surface area contributed by atoms with Gasteiger partial charge in [-0.2, -0.15) is 0 Å². The van der Waals surface area contributed by atoms with Gasteiger partial charge in [-0.3, -0.25) is 4.79 Å². The maximum Gasteiger partial charge on any atom is 0.159 e. The van der Waals surface area contributed by atoms with Crippen molar-refractivity contribution in [3.05, 3.63) is 45.9 Å². The minimum Gasteiger partial charge on any atom is -0.487 e. The molecule has 0 spiro atoms. The SMILES string of the molecule is CC(=O)c1cccc(OCc2csc(C(C)(C)C)n2)c1. The number of thiazole rings is 1. The molecule has 0 fully saturated rings. The molecule has 2 aromatic rings. The summed E-state index contributed by atoms with van der Waals surface area (Å²) in [6.45, 7) is 8.41. The van der Waals surface area contributed by atoms with Gasteiger partial charge in [0.1, 0.15) is 12.4 Å². The van der Waals surface area contributed by atoms with Crippen LogP contribution in [0.3, 0.4) is 0 Å². The molecule has 1 heterocycles. The molecule has 0 atom stereocenters.